The van der Waals surface area contributed by atoms with Gasteiger partial charge in [-0.05, 0) is 32.2 Å². The van der Waals surface area contributed by atoms with Crippen LogP contribution in [-0.2, 0) is 9.53 Å². The highest BCUT2D eigenvalue weighted by Crippen LogP contribution is 2.55. The molecule has 3 heteroatoms. The van der Waals surface area contributed by atoms with Crippen molar-refractivity contribution in [3.8, 4) is 0 Å². The summed E-state index contributed by atoms with van der Waals surface area (Å²) in [4.78, 5) is 14.3. The van der Waals surface area contributed by atoms with Crippen LogP contribution in [0.1, 0.15) is 44.9 Å². The van der Waals surface area contributed by atoms with Crippen molar-refractivity contribution in [2.45, 2.75) is 62.6 Å². The highest BCUT2D eigenvalue weighted by molar-refractivity contribution is 5.73. The smallest absolute Gasteiger partial charge is 0.306 e. The molecule has 3 saturated heterocycles. The number of ether oxygens (including phenoxy) is 1. The summed E-state index contributed by atoms with van der Waals surface area (Å²) in [7, 11) is 0. The number of carbonyl (C=O) groups is 1. The van der Waals surface area contributed by atoms with E-state index in [-0.39, 0.29) is 11.6 Å². The lowest BCUT2D eigenvalue weighted by atomic mass is 9.72. The molecule has 3 aliphatic heterocycles. The quantitative estimate of drug-likeness (QED) is 0.583. The van der Waals surface area contributed by atoms with Crippen LogP contribution in [0, 0.1) is 5.92 Å². The molecule has 1 spiro atoms. The van der Waals surface area contributed by atoms with Crippen LogP contribution in [0.15, 0.2) is 0 Å². The fraction of sp³-hybridized carbons (Fsp3) is 0.923. The van der Waals surface area contributed by atoms with Crippen LogP contribution in [0.3, 0.4) is 0 Å². The van der Waals surface area contributed by atoms with E-state index < -0.39 is 0 Å². The summed E-state index contributed by atoms with van der Waals surface area (Å²) >= 11 is 0. The maximum Gasteiger partial charge on any atom is 0.306 e. The molecule has 1 aliphatic carbocycles. The molecule has 0 aromatic carbocycles. The van der Waals surface area contributed by atoms with Gasteiger partial charge in [0.05, 0.1) is 12.5 Å². The van der Waals surface area contributed by atoms with Gasteiger partial charge in [0.1, 0.15) is 5.60 Å². The molecule has 4 rings (SSSR count). The van der Waals surface area contributed by atoms with E-state index >= 15 is 0 Å². The summed E-state index contributed by atoms with van der Waals surface area (Å²) in [6, 6.07) is 1.28. The highest BCUT2D eigenvalue weighted by atomic mass is 16.6. The van der Waals surface area contributed by atoms with Crippen LogP contribution in [0.4, 0.5) is 0 Å². The molecule has 4 atom stereocenters. The van der Waals surface area contributed by atoms with Gasteiger partial charge in [0.25, 0.3) is 0 Å². The Labute approximate surface area is 96.1 Å². The van der Waals surface area contributed by atoms with E-state index in [1.807, 2.05) is 0 Å². The molecule has 0 unspecified atom stereocenters. The van der Waals surface area contributed by atoms with Gasteiger partial charge in [0.2, 0.25) is 0 Å². The minimum absolute atomic E-state index is 0.0551. The molecule has 88 valence electrons. The average Bonchev–Trinajstić information content (AvgIpc) is 2.76. The Kier molecular flexibility index (Phi) is 1.78. The molecule has 1 saturated carbocycles. The minimum atomic E-state index is -0.0551. The van der Waals surface area contributed by atoms with Crippen molar-refractivity contribution in [3.63, 3.8) is 0 Å². The lowest BCUT2D eigenvalue weighted by Gasteiger charge is -2.39. The Balaban J connectivity index is 1.76. The summed E-state index contributed by atoms with van der Waals surface area (Å²) in [6.45, 7) is 1.24. The number of hydrogen-bond acceptors (Lipinski definition) is 3. The molecule has 4 fully saturated rings. The van der Waals surface area contributed by atoms with E-state index in [0.717, 1.165) is 6.42 Å². The number of rotatable bonds is 0. The first-order valence-electron chi connectivity index (χ1n) is 6.77. The van der Waals surface area contributed by atoms with Crippen LogP contribution in [0.5, 0.6) is 0 Å². The Morgan fingerprint density at radius 2 is 2.19 bits per heavy atom. The largest absolute Gasteiger partial charge is 0.457 e. The summed E-state index contributed by atoms with van der Waals surface area (Å²) in [5.74, 6) is 0.599. The van der Waals surface area contributed by atoms with Crippen molar-refractivity contribution in [3.05, 3.63) is 0 Å². The summed E-state index contributed by atoms with van der Waals surface area (Å²) in [6.07, 6.45) is 8.23. The molecule has 4 aliphatic rings. The van der Waals surface area contributed by atoms with Crippen molar-refractivity contribution >= 4 is 5.97 Å². The number of hydrogen-bond donors (Lipinski definition) is 0. The van der Waals surface area contributed by atoms with Crippen LogP contribution in [0.2, 0.25) is 0 Å². The van der Waals surface area contributed by atoms with Crippen LogP contribution in [0.25, 0.3) is 0 Å². The van der Waals surface area contributed by atoms with Gasteiger partial charge in [-0.1, -0.05) is 6.42 Å². The third kappa shape index (κ3) is 1.01. The Morgan fingerprint density at radius 1 is 1.25 bits per heavy atom. The van der Waals surface area contributed by atoms with Gasteiger partial charge in [-0.2, -0.15) is 0 Å². The molecular weight excluding hydrogens is 202 g/mol. The zero-order valence-electron chi connectivity index (χ0n) is 9.65. The number of nitrogens with zero attached hydrogens (tertiary/aromatic N) is 1. The van der Waals surface area contributed by atoms with E-state index in [2.05, 4.69) is 4.90 Å². The first-order valence-corrected chi connectivity index (χ1v) is 6.77. The fourth-order valence-corrected chi connectivity index (χ4v) is 4.80. The van der Waals surface area contributed by atoms with Crippen molar-refractivity contribution in [1.29, 1.82) is 0 Å². The molecule has 0 aromatic heterocycles. The molecular formula is C13H19NO2. The SMILES string of the molecule is O=C1C[C@@H]2CC[C@@H]3C[C@@]2(O1)[C@H]1CCCCN31. The predicted molar refractivity (Wildman–Crippen MR) is 58.9 cm³/mol. The van der Waals surface area contributed by atoms with Crippen LogP contribution in [-0.4, -0.2) is 35.1 Å². The topological polar surface area (TPSA) is 29.5 Å². The molecule has 16 heavy (non-hydrogen) atoms. The molecule has 0 N–H and O–H groups in total. The number of esters is 1. The first-order chi connectivity index (χ1) is 7.79. The second-order valence-electron chi connectivity index (χ2n) is 6.01. The lowest BCUT2D eigenvalue weighted by Crippen LogP contribution is -2.49. The third-order valence-corrected chi connectivity index (χ3v) is 5.39. The van der Waals surface area contributed by atoms with E-state index in [0.29, 0.717) is 24.4 Å². The summed E-state index contributed by atoms with van der Waals surface area (Å²) in [5.41, 5.74) is -0.0551. The number of carbonyl (C=O) groups excluding carboxylic acids is 1. The first kappa shape index (κ1) is 9.46. The van der Waals surface area contributed by atoms with E-state index in [1.54, 1.807) is 0 Å². The molecule has 3 heterocycles. The van der Waals surface area contributed by atoms with Gasteiger partial charge in [0, 0.05) is 18.4 Å². The van der Waals surface area contributed by atoms with Gasteiger partial charge in [-0.15, -0.1) is 0 Å². The van der Waals surface area contributed by atoms with Gasteiger partial charge in [-0.25, -0.2) is 0 Å². The Hall–Kier alpha value is -0.570. The van der Waals surface area contributed by atoms with Gasteiger partial charge in [0.15, 0.2) is 0 Å². The third-order valence-electron chi connectivity index (χ3n) is 5.39. The van der Waals surface area contributed by atoms with Crippen molar-refractivity contribution in [2.75, 3.05) is 6.54 Å². The second-order valence-corrected chi connectivity index (χ2v) is 6.01. The summed E-state index contributed by atoms with van der Waals surface area (Å²) in [5, 5.41) is 0. The molecule has 2 bridgehead atoms. The van der Waals surface area contributed by atoms with E-state index in [4.69, 9.17) is 4.74 Å². The second kappa shape index (κ2) is 3.00. The van der Waals surface area contributed by atoms with Crippen molar-refractivity contribution in [2.24, 2.45) is 5.92 Å². The average molecular weight is 221 g/mol. The standard InChI is InChI=1S/C13H19NO2/c15-12-7-9-4-5-10-8-13(9,16-12)11-3-1-2-6-14(10)11/h9-11H,1-8H2/t9-,10+,11+,13-/m0/s1. The van der Waals surface area contributed by atoms with Gasteiger partial charge < -0.3 is 4.74 Å². The monoisotopic (exact) mass is 221 g/mol. The molecule has 0 amide bonds. The Bertz CT molecular complexity index is 343. The maximum absolute atomic E-state index is 11.6. The highest BCUT2D eigenvalue weighted by Gasteiger charge is 2.64. The zero-order chi connectivity index (χ0) is 10.8. The minimum Gasteiger partial charge on any atom is -0.457 e. The predicted octanol–water partition coefficient (Wildman–Crippen LogP) is 1.71. The van der Waals surface area contributed by atoms with Crippen molar-refractivity contribution < 1.29 is 9.53 Å². The Morgan fingerprint density at radius 3 is 3.12 bits per heavy atom. The number of piperidine rings is 1. The maximum atomic E-state index is 11.6. The molecule has 0 radical (unpaired) electrons. The van der Waals surface area contributed by atoms with E-state index in [1.165, 1.54) is 38.6 Å². The van der Waals surface area contributed by atoms with Crippen LogP contribution < -0.4 is 0 Å². The summed E-state index contributed by atoms with van der Waals surface area (Å²) < 4.78 is 5.83. The number of fused-ring (bicyclic) bond motifs is 3. The van der Waals surface area contributed by atoms with Crippen LogP contribution >= 0.6 is 0 Å². The van der Waals surface area contributed by atoms with Gasteiger partial charge >= 0.3 is 5.97 Å². The lowest BCUT2D eigenvalue weighted by molar-refractivity contribution is -0.152. The molecule has 0 aromatic rings. The zero-order valence-corrected chi connectivity index (χ0v) is 9.65. The van der Waals surface area contributed by atoms with E-state index in [9.17, 15) is 4.79 Å². The van der Waals surface area contributed by atoms with Crippen molar-refractivity contribution in [1.82, 2.24) is 4.90 Å². The fourth-order valence-electron chi connectivity index (χ4n) is 4.80. The van der Waals surface area contributed by atoms with Gasteiger partial charge in [-0.3, -0.25) is 9.69 Å². The molecule has 3 nitrogen and oxygen atoms in total. The normalized spacial score (nSPS) is 51.0.